The van der Waals surface area contributed by atoms with Gasteiger partial charge >= 0.3 is 24.1 Å². The van der Waals surface area contributed by atoms with Crippen molar-refractivity contribution >= 4 is 24.1 Å². The number of ether oxygens (including phenoxy) is 5. The van der Waals surface area contributed by atoms with E-state index in [1.165, 1.54) is 20.8 Å². The Hall–Kier alpha value is -2.36. The molecule has 0 saturated carbocycles. The minimum absolute atomic E-state index is 0.276. The summed E-state index contributed by atoms with van der Waals surface area (Å²) in [7, 11) is 0. The third kappa shape index (κ3) is 18.4. The first-order valence-electron chi connectivity index (χ1n) is 11.2. The molecule has 0 aliphatic heterocycles. The van der Waals surface area contributed by atoms with Crippen LogP contribution in [-0.2, 0) is 38.1 Å². The molecule has 0 heterocycles. The molecule has 0 saturated heterocycles. The Morgan fingerprint density at radius 2 is 0.938 bits per heavy atom. The lowest BCUT2D eigenvalue weighted by molar-refractivity contribution is -0.158. The van der Waals surface area contributed by atoms with Crippen LogP contribution in [0.15, 0.2) is 0 Å². The summed E-state index contributed by atoms with van der Waals surface area (Å²) in [6.07, 6.45) is 0.834. The number of rotatable bonds is 14. The fraction of sp³-hybridized carbons (Fsp3) is 0.818. The van der Waals surface area contributed by atoms with E-state index in [0.717, 1.165) is 38.5 Å². The first-order valence-corrected chi connectivity index (χ1v) is 11.2. The lowest BCUT2D eigenvalue weighted by atomic mass is 10.3. The van der Waals surface area contributed by atoms with Gasteiger partial charge in [0.2, 0.25) is 0 Å². The molecule has 10 heteroatoms. The van der Waals surface area contributed by atoms with Crippen LogP contribution in [0.5, 0.6) is 0 Å². The third-order valence-corrected chi connectivity index (χ3v) is 3.78. The van der Waals surface area contributed by atoms with Gasteiger partial charge in [0.1, 0.15) is 6.10 Å². The van der Waals surface area contributed by atoms with Gasteiger partial charge in [0.05, 0.1) is 19.8 Å². The summed E-state index contributed by atoms with van der Waals surface area (Å²) in [6.45, 7) is 11.1. The molecule has 0 aliphatic rings. The van der Waals surface area contributed by atoms with Crippen LogP contribution in [-0.4, -0.2) is 67.3 Å². The maximum atomic E-state index is 11.5. The Bertz CT molecular complexity index is 501. The van der Waals surface area contributed by atoms with Crippen LogP contribution in [0.25, 0.3) is 0 Å². The smallest absolute Gasteiger partial charge is 0.464 e. The highest BCUT2D eigenvalue weighted by Crippen LogP contribution is 2.03. The number of esters is 3. The van der Waals surface area contributed by atoms with E-state index in [1.807, 2.05) is 20.8 Å². The second-order valence-corrected chi connectivity index (χ2v) is 7.01. The Morgan fingerprint density at radius 3 is 1.22 bits per heavy atom. The zero-order valence-corrected chi connectivity index (χ0v) is 20.2. The minimum atomic E-state index is -1.11. The molecule has 32 heavy (non-hydrogen) atoms. The minimum Gasteiger partial charge on any atom is -0.464 e. The molecule has 0 aliphatic carbocycles. The van der Waals surface area contributed by atoms with E-state index < -0.39 is 42.4 Å². The van der Waals surface area contributed by atoms with Gasteiger partial charge in [0.15, 0.2) is 12.2 Å². The first-order chi connectivity index (χ1) is 15.1. The summed E-state index contributed by atoms with van der Waals surface area (Å²) in [5.74, 6) is -1.83. The van der Waals surface area contributed by atoms with Crippen LogP contribution < -0.4 is 0 Å². The number of hydrogen-bond acceptors (Lipinski definition) is 10. The van der Waals surface area contributed by atoms with Crippen LogP contribution >= 0.6 is 0 Å². The molecular formula is C22H40O10. The molecule has 0 aromatic rings. The van der Waals surface area contributed by atoms with Crippen LogP contribution in [0.2, 0.25) is 0 Å². The summed E-state index contributed by atoms with van der Waals surface area (Å²) in [4.78, 5) is 45.0. The Balaban J connectivity index is 0. The van der Waals surface area contributed by atoms with Crippen LogP contribution in [0, 0.1) is 0 Å². The average Bonchev–Trinajstić information content (AvgIpc) is 2.74. The second kappa shape index (κ2) is 20.5. The van der Waals surface area contributed by atoms with Crippen molar-refractivity contribution in [3.8, 4) is 0 Å². The van der Waals surface area contributed by atoms with Gasteiger partial charge in [-0.3, -0.25) is 0 Å². The van der Waals surface area contributed by atoms with Crippen molar-refractivity contribution in [2.45, 2.75) is 98.4 Å². The standard InChI is InChI=1S/C15H26O7.C7H14O3/c1-5-7-9-19-13(16)11(3)21-15(18)22-12(4)14(17)20-10-8-6-2;1-3-4-5-10-7(9)6(2)8/h11-12H,5-10H2,1-4H3;6,8H,3-5H2,1-2H3. The van der Waals surface area contributed by atoms with Crippen molar-refractivity contribution in [1.29, 1.82) is 0 Å². The van der Waals surface area contributed by atoms with Crippen LogP contribution in [0.3, 0.4) is 0 Å². The van der Waals surface area contributed by atoms with Crippen molar-refractivity contribution in [2.75, 3.05) is 19.8 Å². The van der Waals surface area contributed by atoms with Crippen molar-refractivity contribution in [1.82, 2.24) is 0 Å². The average molecular weight is 465 g/mol. The third-order valence-electron chi connectivity index (χ3n) is 3.78. The van der Waals surface area contributed by atoms with E-state index in [1.54, 1.807) is 0 Å². The van der Waals surface area contributed by atoms with Crippen molar-refractivity contribution in [3.05, 3.63) is 0 Å². The molecule has 0 amide bonds. The SMILES string of the molecule is CCCCOC(=O)C(C)O.CCCCOC(=O)C(C)OC(=O)OC(C)C(=O)OCCCC. The van der Waals surface area contributed by atoms with E-state index in [-0.39, 0.29) is 13.2 Å². The molecule has 3 atom stereocenters. The van der Waals surface area contributed by atoms with Gasteiger partial charge in [-0.2, -0.15) is 0 Å². The fourth-order valence-electron chi connectivity index (χ4n) is 1.72. The summed E-state index contributed by atoms with van der Waals surface area (Å²) < 4.78 is 23.9. The summed E-state index contributed by atoms with van der Waals surface area (Å²) in [5, 5.41) is 8.65. The highest BCUT2D eigenvalue weighted by molar-refractivity contribution is 5.79. The number of carbonyl (C=O) groups excluding carboxylic acids is 4. The molecule has 10 nitrogen and oxygen atoms in total. The van der Waals surface area contributed by atoms with E-state index in [0.29, 0.717) is 6.61 Å². The molecule has 0 rings (SSSR count). The molecule has 0 spiro atoms. The number of aliphatic hydroxyl groups excluding tert-OH is 1. The maximum Gasteiger partial charge on any atom is 0.509 e. The molecular weight excluding hydrogens is 424 g/mol. The number of carbonyl (C=O) groups is 4. The van der Waals surface area contributed by atoms with E-state index >= 15 is 0 Å². The van der Waals surface area contributed by atoms with Gasteiger partial charge in [-0.1, -0.05) is 40.0 Å². The number of aliphatic hydroxyl groups is 1. The highest BCUT2D eigenvalue weighted by Gasteiger charge is 2.24. The van der Waals surface area contributed by atoms with E-state index in [4.69, 9.17) is 24.1 Å². The molecule has 0 aromatic heterocycles. The Kier molecular flexibility index (Phi) is 20.4. The Labute approximate surface area is 190 Å². The van der Waals surface area contributed by atoms with Crippen LogP contribution in [0.1, 0.15) is 80.1 Å². The maximum absolute atomic E-state index is 11.5. The van der Waals surface area contributed by atoms with Gasteiger partial charge < -0.3 is 28.8 Å². The molecule has 0 fully saturated rings. The summed E-state index contributed by atoms with van der Waals surface area (Å²) >= 11 is 0. The summed E-state index contributed by atoms with van der Waals surface area (Å²) in [5.41, 5.74) is 0. The number of hydrogen-bond donors (Lipinski definition) is 1. The quantitative estimate of drug-likeness (QED) is 0.232. The van der Waals surface area contributed by atoms with Crippen molar-refractivity contribution < 1.29 is 48.0 Å². The molecule has 1 N–H and O–H groups in total. The largest absolute Gasteiger partial charge is 0.509 e. The van der Waals surface area contributed by atoms with Gasteiger partial charge in [-0.15, -0.1) is 0 Å². The van der Waals surface area contributed by atoms with Gasteiger partial charge in [-0.25, -0.2) is 19.2 Å². The molecule has 3 unspecified atom stereocenters. The lowest BCUT2D eigenvalue weighted by Gasteiger charge is -2.15. The normalized spacial score (nSPS) is 12.8. The van der Waals surface area contributed by atoms with Gasteiger partial charge in [-0.05, 0) is 40.0 Å². The zero-order chi connectivity index (χ0) is 24.9. The Morgan fingerprint density at radius 1 is 0.625 bits per heavy atom. The topological polar surface area (TPSA) is 135 Å². The van der Waals surface area contributed by atoms with Crippen molar-refractivity contribution in [2.24, 2.45) is 0 Å². The number of unbranched alkanes of at least 4 members (excludes halogenated alkanes) is 3. The molecule has 0 aromatic carbocycles. The first kappa shape index (κ1) is 31.8. The van der Waals surface area contributed by atoms with Crippen LogP contribution in [0.4, 0.5) is 4.79 Å². The van der Waals surface area contributed by atoms with E-state index in [9.17, 15) is 19.2 Å². The summed E-state index contributed by atoms with van der Waals surface area (Å²) in [6, 6.07) is 0. The monoisotopic (exact) mass is 464 g/mol. The van der Waals surface area contributed by atoms with Crippen molar-refractivity contribution in [3.63, 3.8) is 0 Å². The molecule has 0 bridgehead atoms. The zero-order valence-electron chi connectivity index (χ0n) is 20.2. The van der Waals surface area contributed by atoms with Gasteiger partial charge in [0.25, 0.3) is 0 Å². The highest BCUT2D eigenvalue weighted by atomic mass is 16.7. The molecule has 0 radical (unpaired) electrons. The second-order valence-electron chi connectivity index (χ2n) is 7.01. The fourth-order valence-corrected chi connectivity index (χ4v) is 1.72. The van der Waals surface area contributed by atoms with Gasteiger partial charge in [0, 0.05) is 0 Å². The predicted molar refractivity (Wildman–Crippen MR) is 116 cm³/mol. The molecule has 188 valence electrons. The predicted octanol–water partition coefficient (Wildman–Crippen LogP) is 3.31. The van der Waals surface area contributed by atoms with E-state index in [2.05, 4.69) is 4.74 Å². The lowest BCUT2D eigenvalue weighted by Crippen LogP contribution is -2.31.